The van der Waals surface area contributed by atoms with E-state index in [4.69, 9.17) is 5.73 Å². The quantitative estimate of drug-likeness (QED) is 0.763. The van der Waals surface area contributed by atoms with Gasteiger partial charge in [-0.25, -0.2) is 4.98 Å². The van der Waals surface area contributed by atoms with Crippen molar-refractivity contribution in [2.75, 3.05) is 11.1 Å². The summed E-state index contributed by atoms with van der Waals surface area (Å²) in [5, 5.41) is 5.82. The molecule has 0 aliphatic heterocycles. The summed E-state index contributed by atoms with van der Waals surface area (Å²) in [6.45, 7) is 2.67. The first-order valence-corrected chi connectivity index (χ1v) is 6.53. The van der Waals surface area contributed by atoms with E-state index in [9.17, 15) is 0 Å². The molecule has 20 heavy (non-hydrogen) atoms. The number of nitrogens with zero attached hydrogens (tertiary/aromatic N) is 2. The lowest BCUT2D eigenvalue weighted by Gasteiger charge is -2.10. The van der Waals surface area contributed by atoms with E-state index in [0.29, 0.717) is 6.54 Å². The monoisotopic (exact) mass is 264 g/mol. The van der Waals surface area contributed by atoms with Crippen LogP contribution in [0.15, 0.2) is 48.7 Å². The van der Waals surface area contributed by atoms with E-state index in [1.54, 1.807) is 6.20 Å². The highest BCUT2D eigenvalue weighted by molar-refractivity contribution is 5.85. The highest BCUT2D eigenvalue weighted by atomic mass is 15.1. The number of rotatable bonds is 3. The zero-order chi connectivity index (χ0) is 13.9. The summed E-state index contributed by atoms with van der Waals surface area (Å²) in [5.74, 6) is 1.07. The molecular formula is C16H16N4. The maximum atomic E-state index is 5.62. The molecule has 1 heterocycles. The molecule has 1 aromatic heterocycles. The topological polar surface area (TPSA) is 63.8 Å². The molecule has 0 atom stereocenters. The Balaban J connectivity index is 1.89. The molecule has 0 bridgehead atoms. The van der Waals surface area contributed by atoms with Gasteiger partial charge in [0.2, 0.25) is 5.95 Å². The van der Waals surface area contributed by atoms with Crippen LogP contribution >= 0.6 is 0 Å². The highest BCUT2D eigenvalue weighted by Gasteiger charge is 2.04. The van der Waals surface area contributed by atoms with Crippen LogP contribution in [0, 0.1) is 6.92 Å². The average molecular weight is 264 g/mol. The first-order valence-electron chi connectivity index (χ1n) is 6.53. The molecule has 2 aromatic carbocycles. The van der Waals surface area contributed by atoms with Gasteiger partial charge in [0.15, 0.2) is 0 Å². The fourth-order valence-corrected chi connectivity index (χ4v) is 2.26. The lowest BCUT2D eigenvalue weighted by molar-refractivity contribution is 1.07. The third-order valence-electron chi connectivity index (χ3n) is 3.32. The number of hydrogen-bond donors (Lipinski definition) is 2. The molecule has 0 fully saturated rings. The van der Waals surface area contributed by atoms with E-state index in [1.165, 1.54) is 16.3 Å². The minimum Gasteiger partial charge on any atom is -0.368 e. The predicted molar refractivity (Wildman–Crippen MR) is 82.5 cm³/mol. The molecule has 3 N–H and O–H groups in total. The molecule has 0 saturated heterocycles. The Morgan fingerprint density at radius 2 is 1.90 bits per heavy atom. The van der Waals surface area contributed by atoms with E-state index in [2.05, 4.69) is 57.7 Å². The molecule has 0 aliphatic rings. The first kappa shape index (κ1) is 12.4. The van der Waals surface area contributed by atoms with Gasteiger partial charge in [0.25, 0.3) is 0 Å². The molecule has 100 valence electrons. The van der Waals surface area contributed by atoms with Crippen LogP contribution in [0.2, 0.25) is 0 Å². The smallest absolute Gasteiger partial charge is 0.221 e. The summed E-state index contributed by atoms with van der Waals surface area (Å²) in [4.78, 5) is 8.19. The molecule has 4 heteroatoms. The van der Waals surface area contributed by atoms with Crippen LogP contribution in [0.4, 0.5) is 11.8 Å². The molecule has 4 nitrogen and oxygen atoms in total. The molecular weight excluding hydrogens is 248 g/mol. The molecule has 3 aromatic rings. The zero-order valence-corrected chi connectivity index (χ0v) is 11.3. The lowest BCUT2D eigenvalue weighted by Crippen LogP contribution is -2.06. The Morgan fingerprint density at radius 3 is 2.80 bits per heavy atom. The van der Waals surface area contributed by atoms with Gasteiger partial charge >= 0.3 is 0 Å². The standard InChI is InChI=1S/C16H16N4/c1-11-9-19-16(17)20-15(11)18-10-13-7-4-6-12-5-2-3-8-14(12)13/h2-9H,10H2,1H3,(H3,17,18,19,20). The second-order valence-corrected chi connectivity index (χ2v) is 4.75. The Morgan fingerprint density at radius 1 is 1.10 bits per heavy atom. The van der Waals surface area contributed by atoms with E-state index in [0.717, 1.165) is 11.4 Å². The number of anilines is 2. The molecule has 0 unspecified atom stereocenters. The van der Waals surface area contributed by atoms with Gasteiger partial charge < -0.3 is 11.1 Å². The van der Waals surface area contributed by atoms with Crippen molar-refractivity contribution < 1.29 is 0 Å². The van der Waals surface area contributed by atoms with Crippen molar-refractivity contribution in [3.05, 3.63) is 59.8 Å². The van der Waals surface area contributed by atoms with Crippen LogP contribution < -0.4 is 11.1 Å². The summed E-state index contributed by atoms with van der Waals surface area (Å²) in [5.41, 5.74) is 7.85. The first-order chi connectivity index (χ1) is 9.74. The van der Waals surface area contributed by atoms with Crippen molar-refractivity contribution in [2.24, 2.45) is 0 Å². The Bertz CT molecular complexity index is 747. The summed E-state index contributed by atoms with van der Waals surface area (Å²) in [6, 6.07) is 14.7. The molecule has 0 amide bonds. The van der Waals surface area contributed by atoms with Crippen molar-refractivity contribution in [1.29, 1.82) is 0 Å². The van der Waals surface area contributed by atoms with Gasteiger partial charge in [-0.3, -0.25) is 0 Å². The van der Waals surface area contributed by atoms with E-state index < -0.39 is 0 Å². The van der Waals surface area contributed by atoms with Crippen molar-refractivity contribution in [3.63, 3.8) is 0 Å². The van der Waals surface area contributed by atoms with Crippen LogP contribution in [-0.2, 0) is 6.54 Å². The Kier molecular flexibility index (Phi) is 3.21. The molecule has 0 aliphatic carbocycles. The minimum atomic E-state index is 0.288. The lowest BCUT2D eigenvalue weighted by atomic mass is 10.0. The van der Waals surface area contributed by atoms with E-state index >= 15 is 0 Å². The van der Waals surface area contributed by atoms with Gasteiger partial charge in [0.05, 0.1) is 0 Å². The van der Waals surface area contributed by atoms with Gasteiger partial charge in [0, 0.05) is 18.3 Å². The van der Waals surface area contributed by atoms with Gasteiger partial charge in [0.1, 0.15) is 5.82 Å². The van der Waals surface area contributed by atoms with Crippen molar-refractivity contribution >= 4 is 22.5 Å². The molecule has 0 saturated carbocycles. The van der Waals surface area contributed by atoms with E-state index in [1.807, 2.05) is 6.92 Å². The Labute approximate surface area is 117 Å². The third-order valence-corrected chi connectivity index (χ3v) is 3.32. The zero-order valence-electron chi connectivity index (χ0n) is 11.3. The van der Waals surface area contributed by atoms with E-state index in [-0.39, 0.29) is 5.95 Å². The summed E-state index contributed by atoms with van der Waals surface area (Å²) in [6.07, 6.45) is 1.73. The fraction of sp³-hybridized carbons (Fsp3) is 0.125. The summed E-state index contributed by atoms with van der Waals surface area (Å²) < 4.78 is 0. The number of nitrogen functional groups attached to an aromatic ring is 1. The van der Waals surface area contributed by atoms with Gasteiger partial charge in [-0.2, -0.15) is 4.98 Å². The fourth-order valence-electron chi connectivity index (χ4n) is 2.26. The number of aromatic nitrogens is 2. The van der Waals surface area contributed by atoms with Crippen LogP contribution in [0.5, 0.6) is 0 Å². The molecule has 0 radical (unpaired) electrons. The number of hydrogen-bond acceptors (Lipinski definition) is 4. The van der Waals surface area contributed by atoms with Crippen LogP contribution in [0.25, 0.3) is 10.8 Å². The normalized spacial score (nSPS) is 10.7. The molecule has 3 rings (SSSR count). The minimum absolute atomic E-state index is 0.288. The van der Waals surface area contributed by atoms with Gasteiger partial charge in [-0.1, -0.05) is 42.5 Å². The third kappa shape index (κ3) is 2.40. The number of nitrogens with two attached hydrogens (primary N) is 1. The highest BCUT2D eigenvalue weighted by Crippen LogP contribution is 2.20. The summed E-state index contributed by atoms with van der Waals surface area (Å²) in [7, 11) is 0. The van der Waals surface area contributed by atoms with Crippen molar-refractivity contribution in [2.45, 2.75) is 13.5 Å². The van der Waals surface area contributed by atoms with Crippen LogP contribution in [0.3, 0.4) is 0 Å². The second-order valence-electron chi connectivity index (χ2n) is 4.75. The molecule has 0 spiro atoms. The maximum Gasteiger partial charge on any atom is 0.221 e. The number of benzene rings is 2. The van der Waals surface area contributed by atoms with Crippen LogP contribution in [0.1, 0.15) is 11.1 Å². The average Bonchev–Trinajstić information content (AvgIpc) is 2.48. The van der Waals surface area contributed by atoms with Crippen LogP contribution in [-0.4, -0.2) is 9.97 Å². The largest absolute Gasteiger partial charge is 0.368 e. The number of nitrogens with one attached hydrogen (secondary N) is 1. The number of aryl methyl sites for hydroxylation is 1. The maximum absolute atomic E-state index is 5.62. The Hall–Kier alpha value is -2.62. The summed E-state index contributed by atoms with van der Waals surface area (Å²) >= 11 is 0. The SMILES string of the molecule is Cc1cnc(N)nc1NCc1cccc2ccccc12. The van der Waals surface area contributed by atoms with Crippen molar-refractivity contribution in [3.8, 4) is 0 Å². The second kappa shape index (κ2) is 5.17. The number of fused-ring (bicyclic) bond motifs is 1. The van der Waals surface area contributed by atoms with Gasteiger partial charge in [-0.05, 0) is 23.3 Å². The van der Waals surface area contributed by atoms with Crippen molar-refractivity contribution in [1.82, 2.24) is 9.97 Å². The van der Waals surface area contributed by atoms with Gasteiger partial charge in [-0.15, -0.1) is 0 Å². The predicted octanol–water partition coefficient (Wildman–Crippen LogP) is 3.13.